The quantitative estimate of drug-likeness (QED) is 0.637. The van der Waals surface area contributed by atoms with Crippen LogP contribution in [-0.4, -0.2) is 12.6 Å². The summed E-state index contributed by atoms with van der Waals surface area (Å²) in [7, 11) is 0. The van der Waals surface area contributed by atoms with Crippen molar-refractivity contribution in [3.63, 3.8) is 0 Å². The topological polar surface area (TPSA) is 12.0 Å². The zero-order valence-electron chi connectivity index (χ0n) is 13.0. The van der Waals surface area contributed by atoms with Crippen molar-refractivity contribution < 1.29 is 0 Å². The van der Waals surface area contributed by atoms with Crippen LogP contribution < -0.4 is 5.32 Å². The van der Waals surface area contributed by atoms with E-state index in [4.69, 9.17) is 0 Å². The molecule has 0 saturated carbocycles. The standard InChI is InChI=1S/C18H31N/c1-4-9-16(3)15-18(19-14-5-2)13-12-17-10-7-6-8-11-17/h6-8,10-11,16,18-19H,4-5,9,12-15H2,1-3H3. The summed E-state index contributed by atoms with van der Waals surface area (Å²) in [5.41, 5.74) is 1.47. The van der Waals surface area contributed by atoms with Crippen molar-refractivity contribution in [3.8, 4) is 0 Å². The monoisotopic (exact) mass is 261 g/mol. The fraction of sp³-hybridized carbons (Fsp3) is 0.667. The second kappa shape index (κ2) is 10.0. The molecule has 0 radical (unpaired) electrons. The van der Waals surface area contributed by atoms with Crippen molar-refractivity contribution in [2.24, 2.45) is 5.92 Å². The summed E-state index contributed by atoms with van der Waals surface area (Å²) in [4.78, 5) is 0. The van der Waals surface area contributed by atoms with Gasteiger partial charge in [0.05, 0.1) is 0 Å². The summed E-state index contributed by atoms with van der Waals surface area (Å²) in [6, 6.07) is 11.5. The van der Waals surface area contributed by atoms with E-state index in [-0.39, 0.29) is 0 Å². The van der Waals surface area contributed by atoms with Crippen LogP contribution in [0.3, 0.4) is 0 Å². The lowest BCUT2D eigenvalue weighted by Crippen LogP contribution is -2.32. The van der Waals surface area contributed by atoms with E-state index in [2.05, 4.69) is 56.4 Å². The molecule has 1 aromatic rings. The Morgan fingerprint density at radius 2 is 1.74 bits per heavy atom. The van der Waals surface area contributed by atoms with Crippen LogP contribution in [0.2, 0.25) is 0 Å². The third-order valence-corrected chi connectivity index (χ3v) is 3.78. The molecule has 1 aromatic carbocycles. The lowest BCUT2D eigenvalue weighted by molar-refractivity contribution is 0.367. The molecule has 0 aromatic heterocycles. The largest absolute Gasteiger partial charge is 0.314 e. The Balaban J connectivity index is 2.40. The first-order valence-electron chi connectivity index (χ1n) is 8.03. The number of aryl methyl sites for hydroxylation is 1. The van der Waals surface area contributed by atoms with Crippen LogP contribution in [0, 0.1) is 5.92 Å². The Labute approximate surface area is 119 Å². The highest BCUT2D eigenvalue weighted by atomic mass is 14.9. The smallest absolute Gasteiger partial charge is 0.00727 e. The minimum atomic E-state index is 0.682. The number of nitrogens with one attached hydrogen (secondary N) is 1. The lowest BCUT2D eigenvalue weighted by atomic mass is 9.93. The van der Waals surface area contributed by atoms with Gasteiger partial charge in [0.25, 0.3) is 0 Å². The van der Waals surface area contributed by atoms with E-state index in [0.717, 1.165) is 12.5 Å². The molecule has 1 rings (SSSR count). The normalized spacial score (nSPS) is 14.3. The fourth-order valence-corrected chi connectivity index (χ4v) is 2.73. The fourth-order valence-electron chi connectivity index (χ4n) is 2.73. The Bertz CT molecular complexity index is 307. The van der Waals surface area contributed by atoms with Crippen LogP contribution in [0.15, 0.2) is 30.3 Å². The Kier molecular flexibility index (Phi) is 8.57. The van der Waals surface area contributed by atoms with Crippen molar-refractivity contribution in [3.05, 3.63) is 35.9 Å². The predicted octanol–water partition coefficient (Wildman–Crippen LogP) is 4.81. The van der Waals surface area contributed by atoms with Gasteiger partial charge in [-0.1, -0.05) is 63.9 Å². The first-order valence-corrected chi connectivity index (χ1v) is 8.03. The first-order chi connectivity index (χ1) is 9.26. The van der Waals surface area contributed by atoms with Crippen molar-refractivity contribution in [1.29, 1.82) is 0 Å². The molecule has 1 nitrogen and oxygen atoms in total. The lowest BCUT2D eigenvalue weighted by Gasteiger charge is -2.22. The maximum absolute atomic E-state index is 3.73. The van der Waals surface area contributed by atoms with Crippen molar-refractivity contribution in [2.75, 3.05) is 6.54 Å². The Morgan fingerprint density at radius 1 is 1.00 bits per heavy atom. The van der Waals surface area contributed by atoms with Gasteiger partial charge in [0.15, 0.2) is 0 Å². The molecule has 19 heavy (non-hydrogen) atoms. The van der Waals surface area contributed by atoms with E-state index < -0.39 is 0 Å². The van der Waals surface area contributed by atoms with Gasteiger partial charge in [-0.3, -0.25) is 0 Å². The van der Waals surface area contributed by atoms with Gasteiger partial charge >= 0.3 is 0 Å². The van der Waals surface area contributed by atoms with Gasteiger partial charge in [-0.05, 0) is 43.7 Å². The van der Waals surface area contributed by atoms with Gasteiger partial charge in [0.1, 0.15) is 0 Å². The molecule has 1 N–H and O–H groups in total. The molecule has 0 bridgehead atoms. The Morgan fingerprint density at radius 3 is 2.37 bits per heavy atom. The van der Waals surface area contributed by atoms with Crippen LogP contribution in [-0.2, 0) is 6.42 Å². The molecule has 108 valence electrons. The van der Waals surface area contributed by atoms with E-state index in [1.165, 1.54) is 44.1 Å². The average Bonchev–Trinajstić information content (AvgIpc) is 2.43. The van der Waals surface area contributed by atoms with Gasteiger partial charge < -0.3 is 5.32 Å². The summed E-state index contributed by atoms with van der Waals surface area (Å²) in [6.45, 7) is 8.08. The molecule has 0 saturated heterocycles. The molecule has 2 unspecified atom stereocenters. The van der Waals surface area contributed by atoms with Gasteiger partial charge in [-0.25, -0.2) is 0 Å². The number of hydrogen-bond acceptors (Lipinski definition) is 1. The first kappa shape index (κ1) is 16.2. The highest BCUT2D eigenvalue weighted by Crippen LogP contribution is 2.16. The molecule has 1 heteroatoms. The molecule has 2 atom stereocenters. The van der Waals surface area contributed by atoms with Gasteiger partial charge in [0, 0.05) is 6.04 Å². The number of benzene rings is 1. The summed E-state index contributed by atoms with van der Waals surface area (Å²) in [6.07, 6.45) is 7.67. The van der Waals surface area contributed by atoms with E-state index >= 15 is 0 Å². The molecular formula is C18H31N. The van der Waals surface area contributed by atoms with E-state index in [0.29, 0.717) is 6.04 Å². The van der Waals surface area contributed by atoms with E-state index in [1.54, 1.807) is 0 Å². The highest BCUT2D eigenvalue weighted by Gasteiger charge is 2.12. The second-order valence-corrected chi connectivity index (χ2v) is 5.80. The number of hydrogen-bond donors (Lipinski definition) is 1. The zero-order valence-corrected chi connectivity index (χ0v) is 13.0. The summed E-state index contributed by atoms with van der Waals surface area (Å²) < 4.78 is 0. The minimum Gasteiger partial charge on any atom is -0.314 e. The maximum Gasteiger partial charge on any atom is 0.00727 e. The third kappa shape index (κ3) is 7.37. The molecule has 0 aliphatic carbocycles. The predicted molar refractivity (Wildman–Crippen MR) is 85.5 cm³/mol. The van der Waals surface area contributed by atoms with Crippen molar-refractivity contribution in [2.45, 2.75) is 65.3 Å². The van der Waals surface area contributed by atoms with Gasteiger partial charge in [-0.15, -0.1) is 0 Å². The molecular weight excluding hydrogens is 230 g/mol. The van der Waals surface area contributed by atoms with Gasteiger partial charge in [0.2, 0.25) is 0 Å². The third-order valence-electron chi connectivity index (χ3n) is 3.78. The molecule has 0 spiro atoms. The number of rotatable bonds is 10. The van der Waals surface area contributed by atoms with E-state index in [9.17, 15) is 0 Å². The molecule has 0 aliphatic heterocycles. The highest BCUT2D eigenvalue weighted by molar-refractivity contribution is 5.14. The summed E-state index contributed by atoms with van der Waals surface area (Å²) in [5.74, 6) is 0.843. The Hall–Kier alpha value is -0.820. The molecule has 0 fully saturated rings. The minimum absolute atomic E-state index is 0.682. The van der Waals surface area contributed by atoms with Crippen molar-refractivity contribution in [1.82, 2.24) is 5.32 Å². The van der Waals surface area contributed by atoms with Crippen LogP contribution in [0.4, 0.5) is 0 Å². The van der Waals surface area contributed by atoms with Crippen LogP contribution in [0.25, 0.3) is 0 Å². The molecule has 0 aliphatic rings. The summed E-state index contributed by atoms with van der Waals surface area (Å²) >= 11 is 0. The zero-order chi connectivity index (χ0) is 13.9. The van der Waals surface area contributed by atoms with Crippen LogP contribution in [0.1, 0.15) is 58.4 Å². The maximum atomic E-state index is 3.73. The summed E-state index contributed by atoms with van der Waals surface area (Å²) in [5, 5.41) is 3.73. The van der Waals surface area contributed by atoms with Crippen LogP contribution in [0.5, 0.6) is 0 Å². The van der Waals surface area contributed by atoms with Gasteiger partial charge in [-0.2, -0.15) is 0 Å². The molecule has 0 amide bonds. The average molecular weight is 261 g/mol. The SMILES string of the molecule is CCCNC(CCc1ccccc1)CC(C)CCC. The second-order valence-electron chi connectivity index (χ2n) is 5.80. The molecule has 0 heterocycles. The van der Waals surface area contributed by atoms with E-state index in [1.807, 2.05) is 0 Å². The van der Waals surface area contributed by atoms with Crippen LogP contribution >= 0.6 is 0 Å². The van der Waals surface area contributed by atoms with Crippen molar-refractivity contribution >= 4 is 0 Å².